The standard InChI is InChI=1S/C12H16ClN5O5/c13-1-2-22-10-6-9(16-12(14)17-10)18(4-15-6)11-8(21)7(20)5(3-19)23-11/h4-5,7-8,11,19-21H,1-3H2,(H2,14,16,17)/t5-,7-,8-,11-/m1/s1. The number of aliphatic hydroxyl groups excluding tert-OH is 3. The quantitative estimate of drug-likeness (QED) is 0.482. The maximum Gasteiger partial charge on any atom is 0.247 e. The SMILES string of the molecule is Nc1nc(OCCCl)c2ncn([C@@H]3O[C@H](CO)[C@@H](O)[C@H]3O)c2n1. The topological polar surface area (TPSA) is 149 Å². The molecular weight excluding hydrogens is 330 g/mol. The predicted octanol–water partition coefficient (Wildman–Crippen LogP) is -1.36. The van der Waals surface area contributed by atoms with Crippen molar-refractivity contribution in [3.05, 3.63) is 6.33 Å². The lowest BCUT2D eigenvalue weighted by atomic mass is 10.1. The van der Waals surface area contributed by atoms with Crippen molar-refractivity contribution in [2.45, 2.75) is 24.5 Å². The van der Waals surface area contributed by atoms with E-state index in [1.807, 2.05) is 0 Å². The van der Waals surface area contributed by atoms with Crippen LogP contribution in [-0.2, 0) is 4.74 Å². The molecule has 10 nitrogen and oxygen atoms in total. The van der Waals surface area contributed by atoms with Gasteiger partial charge in [0.25, 0.3) is 0 Å². The van der Waals surface area contributed by atoms with Gasteiger partial charge in [0, 0.05) is 0 Å². The zero-order valence-corrected chi connectivity index (χ0v) is 12.7. The third-order valence-electron chi connectivity index (χ3n) is 3.51. The van der Waals surface area contributed by atoms with Crippen LogP contribution in [0.15, 0.2) is 6.33 Å². The molecule has 0 bridgehead atoms. The number of aliphatic hydroxyl groups is 3. The Morgan fingerprint density at radius 2 is 2.13 bits per heavy atom. The van der Waals surface area contributed by atoms with Crippen molar-refractivity contribution in [1.29, 1.82) is 0 Å². The molecule has 11 heteroatoms. The van der Waals surface area contributed by atoms with E-state index >= 15 is 0 Å². The number of halogens is 1. The summed E-state index contributed by atoms with van der Waals surface area (Å²) >= 11 is 5.59. The summed E-state index contributed by atoms with van der Waals surface area (Å²) in [5.41, 5.74) is 6.27. The summed E-state index contributed by atoms with van der Waals surface area (Å²) in [5.74, 6) is 0.384. The molecule has 126 valence electrons. The number of nitrogen functional groups attached to an aromatic ring is 1. The van der Waals surface area contributed by atoms with E-state index in [0.717, 1.165) is 0 Å². The van der Waals surface area contributed by atoms with Crippen molar-refractivity contribution in [3.8, 4) is 5.88 Å². The summed E-state index contributed by atoms with van der Waals surface area (Å²) in [6, 6.07) is 0. The number of anilines is 1. The normalized spacial score (nSPS) is 27.7. The molecule has 0 radical (unpaired) electrons. The first kappa shape index (κ1) is 16.1. The van der Waals surface area contributed by atoms with Crippen LogP contribution in [0.5, 0.6) is 5.88 Å². The fraction of sp³-hybridized carbons (Fsp3) is 0.583. The second kappa shape index (κ2) is 6.42. The lowest BCUT2D eigenvalue weighted by Crippen LogP contribution is -2.33. The van der Waals surface area contributed by atoms with E-state index in [0.29, 0.717) is 5.52 Å². The molecule has 2 aromatic heterocycles. The van der Waals surface area contributed by atoms with Crippen molar-refractivity contribution in [3.63, 3.8) is 0 Å². The van der Waals surface area contributed by atoms with Gasteiger partial charge < -0.3 is 30.5 Å². The largest absolute Gasteiger partial charge is 0.475 e. The molecule has 0 spiro atoms. The van der Waals surface area contributed by atoms with Crippen LogP contribution < -0.4 is 10.5 Å². The van der Waals surface area contributed by atoms with Gasteiger partial charge in [0.1, 0.15) is 24.9 Å². The highest BCUT2D eigenvalue weighted by Crippen LogP contribution is 2.32. The molecule has 5 N–H and O–H groups in total. The Kier molecular flexibility index (Phi) is 4.50. The zero-order valence-electron chi connectivity index (χ0n) is 11.9. The molecule has 3 heterocycles. The highest BCUT2D eigenvalue weighted by atomic mass is 35.5. The number of hydrogen-bond donors (Lipinski definition) is 4. The van der Waals surface area contributed by atoms with Crippen LogP contribution in [-0.4, -0.2) is 72.2 Å². The minimum Gasteiger partial charge on any atom is -0.475 e. The zero-order chi connectivity index (χ0) is 16.6. The van der Waals surface area contributed by atoms with E-state index in [2.05, 4.69) is 15.0 Å². The van der Waals surface area contributed by atoms with Crippen molar-refractivity contribution in [2.75, 3.05) is 24.8 Å². The fourth-order valence-electron chi connectivity index (χ4n) is 2.44. The predicted molar refractivity (Wildman–Crippen MR) is 79.0 cm³/mol. The smallest absolute Gasteiger partial charge is 0.247 e. The van der Waals surface area contributed by atoms with E-state index in [1.165, 1.54) is 10.9 Å². The fourth-order valence-corrected chi connectivity index (χ4v) is 2.52. The number of aromatic nitrogens is 4. The number of fused-ring (bicyclic) bond motifs is 1. The second-order valence-corrected chi connectivity index (χ2v) is 5.36. The van der Waals surface area contributed by atoms with Crippen LogP contribution in [0.1, 0.15) is 6.23 Å². The molecule has 1 fully saturated rings. The Hall–Kier alpha value is -1.72. The lowest BCUT2D eigenvalue weighted by molar-refractivity contribution is -0.0511. The maximum absolute atomic E-state index is 10.1. The Balaban J connectivity index is 2.01. The van der Waals surface area contributed by atoms with Crippen LogP contribution in [0.4, 0.5) is 5.95 Å². The molecule has 3 rings (SSSR count). The Bertz CT molecular complexity index is 698. The minimum atomic E-state index is -1.26. The van der Waals surface area contributed by atoms with Crippen molar-refractivity contribution >= 4 is 28.7 Å². The van der Waals surface area contributed by atoms with E-state index in [-0.39, 0.29) is 30.0 Å². The van der Waals surface area contributed by atoms with Gasteiger partial charge >= 0.3 is 0 Å². The molecule has 1 aliphatic heterocycles. The molecule has 2 aromatic rings. The summed E-state index contributed by atoms with van der Waals surface area (Å²) in [7, 11) is 0. The first-order chi connectivity index (χ1) is 11.1. The number of alkyl halides is 1. The summed E-state index contributed by atoms with van der Waals surface area (Å²) in [4.78, 5) is 12.2. The number of imidazole rings is 1. The van der Waals surface area contributed by atoms with Crippen molar-refractivity contribution in [1.82, 2.24) is 19.5 Å². The van der Waals surface area contributed by atoms with Gasteiger partial charge in [-0.05, 0) is 0 Å². The average Bonchev–Trinajstić information content (AvgIpc) is 3.07. The number of ether oxygens (including phenoxy) is 2. The van der Waals surface area contributed by atoms with Crippen molar-refractivity contribution in [2.24, 2.45) is 0 Å². The third kappa shape index (κ3) is 2.79. The van der Waals surface area contributed by atoms with Gasteiger partial charge in [0.15, 0.2) is 17.4 Å². The molecule has 0 amide bonds. The first-order valence-corrected chi connectivity index (χ1v) is 7.41. The van der Waals surface area contributed by atoms with E-state index in [1.54, 1.807) is 0 Å². The van der Waals surface area contributed by atoms with Crippen LogP contribution in [0.3, 0.4) is 0 Å². The molecule has 0 saturated carbocycles. The molecule has 4 atom stereocenters. The molecule has 0 aliphatic carbocycles. The molecule has 0 aromatic carbocycles. The van der Waals surface area contributed by atoms with Gasteiger partial charge in [-0.25, -0.2) is 4.98 Å². The van der Waals surface area contributed by atoms with E-state index in [9.17, 15) is 10.2 Å². The molecule has 1 saturated heterocycles. The van der Waals surface area contributed by atoms with Crippen LogP contribution in [0.2, 0.25) is 0 Å². The van der Waals surface area contributed by atoms with Gasteiger partial charge in [-0.3, -0.25) is 4.57 Å². The lowest BCUT2D eigenvalue weighted by Gasteiger charge is -2.16. The highest BCUT2D eigenvalue weighted by Gasteiger charge is 2.44. The number of nitrogens with zero attached hydrogens (tertiary/aromatic N) is 4. The Morgan fingerprint density at radius 3 is 2.78 bits per heavy atom. The summed E-state index contributed by atoms with van der Waals surface area (Å²) in [6.45, 7) is -0.212. The van der Waals surface area contributed by atoms with Crippen LogP contribution in [0, 0.1) is 0 Å². The van der Waals surface area contributed by atoms with Gasteiger partial charge in [-0.2, -0.15) is 9.97 Å². The monoisotopic (exact) mass is 345 g/mol. The Morgan fingerprint density at radius 1 is 1.35 bits per heavy atom. The van der Waals surface area contributed by atoms with Crippen LogP contribution in [0.25, 0.3) is 11.2 Å². The van der Waals surface area contributed by atoms with E-state index in [4.69, 9.17) is 31.9 Å². The summed E-state index contributed by atoms with van der Waals surface area (Å²) in [5, 5.41) is 29.1. The maximum atomic E-state index is 10.1. The highest BCUT2D eigenvalue weighted by molar-refractivity contribution is 6.18. The third-order valence-corrected chi connectivity index (χ3v) is 3.67. The van der Waals surface area contributed by atoms with Gasteiger partial charge in [0.2, 0.25) is 11.8 Å². The molecule has 0 unspecified atom stereocenters. The number of nitrogens with two attached hydrogens (primary N) is 1. The van der Waals surface area contributed by atoms with Crippen molar-refractivity contribution < 1.29 is 24.8 Å². The average molecular weight is 346 g/mol. The molecular formula is C12H16ClN5O5. The van der Waals surface area contributed by atoms with Gasteiger partial charge in [0.05, 0.1) is 18.8 Å². The van der Waals surface area contributed by atoms with Crippen LogP contribution >= 0.6 is 11.6 Å². The number of rotatable bonds is 5. The van der Waals surface area contributed by atoms with E-state index < -0.39 is 31.1 Å². The number of hydrogen-bond acceptors (Lipinski definition) is 9. The summed E-state index contributed by atoms with van der Waals surface area (Å²) < 4.78 is 12.2. The molecule has 1 aliphatic rings. The minimum absolute atomic E-state index is 0.0458. The van der Waals surface area contributed by atoms with Gasteiger partial charge in [-0.15, -0.1) is 11.6 Å². The Labute approximate surface area is 135 Å². The summed E-state index contributed by atoms with van der Waals surface area (Å²) in [6.07, 6.45) is -2.99. The molecule has 23 heavy (non-hydrogen) atoms. The second-order valence-electron chi connectivity index (χ2n) is 4.98. The first-order valence-electron chi connectivity index (χ1n) is 6.88. The van der Waals surface area contributed by atoms with Gasteiger partial charge in [-0.1, -0.05) is 0 Å².